The van der Waals surface area contributed by atoms with Crippen molar-refractivity contribution in [3.05, 3.63) is 60.4 Å². The topological polar surface area (TPSA) is 41.9 Å². The largest absolute Gasteiger partial charge is 0.359 e. The number of hydrogen-bond donors (Lipinski definition) is 0. The van der Waals surface area contributed by atoms with Gasteiger partial charge in [-0.3, -0.25) is 4.98 Å². The van der Waals surface area contributed by atoms with Crippen LogP contribution in [0.1, 0.15) is 5.56 Å². The normalized spacial score (nSPS) is 10.8. The van der Waals surface area contributed by atoms with Crippen molar-refractivity contribution < 1.29 is 4.39 Å². The van der Waals surface area contributed by atoms with Gasteiger partial charge >= 0.3 is 0 Å². The zero-order chi connectivity index (χ0) is 14.7. The van der Waals surface area contributed by atoms with Crippen LogP contribution >= 0.6 is 0 Å². The third-order valence-corrected chi connectivity index (χ3v) is 3.42. The lowest BCUT2D eigenvalue weighted by Gasteiger charge is -2.19. The second-order valence-electron chi connectivity index (χ2n) is 4.89. The van der Waals surface area contributed by atoms with Crippen LogP contribution in [0.2, 0.25) is 0 Å². The van der Waals surface area contributed by atoms with Crippen molar-refractivity contribution >= 4 is 16.7 Å². The smallest absolute Gasteiger partial charge is 0.139 e. The van der Waals surface area contributed by atoms with Crippen LogP contribution in [0, 0.1) is 5.82 Å². The molecule has 0 bridgehead atoms. The van der Waals surface area contributed by atoms with Crippen molar-refractivity contribution in [3.8, 4) is 0 Å². The van der Waals surface area contributed by atoms with Gasteiger partial charge in [-0.1, -0.05) is 0 Å². The first-order valence-electron chi connectivity index (χ1n) is 6.74. The molecule has 0 saturated carbocycles. The summed E-state index contributed by atoms with van der Waals surface area (Å²) in [5.74, 6) is 0.467. The van der Waals surface area contributed by atoms with E-state index in [4.69, 9.17) is 0 Å². The summed E-state index contributed by atoms with van der Waals surface area (Å²) in [5.41, 5.74) is 1.96. The fourth-order valence-electron chi connectivity index (χ4n) is 2.27. The molecule has 0 spiro atoms. The summed E-state index contributed by atoms with van der Waals surface area (Å²) in [4.78, 5) is 14.5. The summed E-state index contributed by atoms with van der Waals surface area (Å²) in [5, 5.41) is 0.731. The van der Waals surface area contributed by atoms with E-state index in [-0.39, 0.29) is 5.82 Å². The van der Waals surface area contributed by atoms with Crippen LogP contribution in [0.15, 0.2) is 49.1 Å². The van der Waals surface area contributed by atoms with Crippen LogP contribution in [0.5, 0.6) is 0 Å². The van der Waals surface area contributed by atoms with E-state index < -0.39 is 0 Å². The van der Waals surface area contributed by atoms with Gasteiger partial charge < -0.3 is 4.90 Å². The predicted molar refractivity (Wildman–Crippen MR) is 80.7 cm³/mol. The maximum atomic E-state index is 13.4. The van der Waals surface area contributed by atoms with Gasteiger partial charge in [-0.15, -0.1) is 0 Å². The summed E-state index contributed by atoms with van der Waals surface area (Å²) in [6, 6.07) is 8.55. The van der Waals surface area contributed by atoms with Crippen LogP contribution in [-0.4, -0.2) is 28.5 Å². The van der Waals surface area contributed by atoms with Crippen LogP contribution in [0.4, 0.5) is 10.2 Å². The lowest BCUT2D eigenvalue weighted by Crippen LogP contribution is -2.21. The quantitative estimate of drug-likeness (QED) is 0.738. The van der Waals surface area contributed by atoms with Gasteiger partial charge in [0, 0.05) is 31.4 Å². The van der Waals surface area contributed by atoms with Crippen molar-refractivity contribution in [1.82, 2.24) is 15.0 Å². The van der Waals surface area contributed by atoms with E-state index in [0.29, 0.717) is 0 Å². The highest BCUT2D eigenvalue weighted by Gasteiger charge is 2.09. The third-order valence-electron chi connectivity index (χ3n) is 3.42. The van der Waals surface area contributed by atoms with E-state index in [1.807, 2.05) is 24.1 Å². The molecule has 2 aromatic heterocycles. The maximum Gasteiger partial charge on any atom is 0.139 e. The molecular weight excluding hydrogens is 267 g/mol. The van der Waals surface area contributed by atoms with E-state index in [9.17, 15) is 4.39 Å². The number of hydrogen-bond acceptors (Lipinski definition) is 4. The third kappa shape index (κ3) is 2.97. The molecule has 0 saturated heterocycles. The van der Waals surface area contributed by atoms with E-state index in [2.05, 4.69) is 15.0 Å². The molecule has 1 aromatic carbocycles. The lowest BCUT2D eigenvalue weighted by molar-refractivity contribution is 0.629. The van der Waals surface area contributed by atoms with E-state index in [1.165, 1.54) is 24.0 Å². The van der Waals surface area contributed by atoms with E-state index >= 15 is 0 Å². The molecule has 0 aliphatic heterocycles. The fourth-order valence-corrected chi connectivity index (χ4v) is 2.27. The van der Waals surface area contributed by atoms with Gasteiger partial charge in [-0.25, -0.2) is 14.4 Å². The van der Waals surface area contributed by atoms with Crippen LogP contribution in [0.3, 0.4) is 0 Å². The summed E-state index contributed by atoms with van der Waals surface area (Å²) in [7, 11) is 1.95. The molecule has 0 unspecified atom stereocenters. The lowest BCUT2D eigenvalue weighted by atomic mass is 10.2. The molecule has 0 aliphatic carbocycles. The Kier molecular flexibility index (Phi) is 3.73. The van der Waals surface area contributed by atoms with Gasteiger partial charge in [0.25, 0.3) is 0 Å². The summed E-state index contributed by atoms with van der Waals surface area (Å²) in [6.45, 7) is 0.784. The first-order chi connectivity index (χ1) is 10.2. The molecule has 3 rings (SSSR count). The number of nitrogens with zero attached hydrogens (tertiary/aromatic N) is 4. The van der Waals surface area contributed by atoms with Crippen molar-refractivity contribution in [2.45, 2.75) is 6.42 Å². The van der Waals surface area contributed by atoms with Crippen molar-refractivity contribution in [2.24, 2.45) is 0 Å². The van der Waals surface area contributed by atoms with Gasteiger partial charge in [0.15, 0.2) is 0 Å². The highest BCUT2D eigenvalue weighted by atomic mass is 19.1. The molecular formula is C16H15FN4. The minimum absolute atomic E-state index is 0.277. The van der Waals surface area contributed by atoms with Crippen molar-refractivity contribution in [2.75, 3.05) is 18.5 Å². The average Bonchev–Trinajstić information content (AvgIpc) is 2.53. The molecule has 0 atom stereocenters. The zero-order valence-electron chi connectivity index (χ0n) is 11.7. The molecule has 3 aromatic rings. The number of rotatable bonds is 4. The van der Waals surface area contributed by atoms with Crippen molar-refractivity contribution in [3.63, 3.8) is 0 Å². The Morgan fingerprint density at radius 3 is 2.71 bits per heavy atom. The maximum absolute atomic E-state index is 13.4. The van der Waals surface area contributed by atoms with Gasteiger partial charge in [0.1, 0.15) is 18.0 Å². The Morgan fingerprint density at radius 1 is 1.10 bits per heavy atom. The standard InChI is InChI=1S/C16H15FN4/c1-21(9-6-12-4-7-18-8-5-12)16-14-10-13(17)2-3-15(14)19-11-20-16/h2-5,7-8,10-11H,6,9H2,1H3. The molecule has 21 heavy (non-hydrogen) atoms. The summed E-state index contributed by atoms with van der Waals surface area (Å²) < 4.78 is 13.4. The Balaban J connectivity index is 1.84. The number of benzene rings is 1. The molecule has 106 valence electrons. The first kappa shape index (κ1) is 13.4. The number of anilines is 1. The van der Waals surface area contributed by atoms with Gasteiger partial charge in [-0.2, -0.15) is 0 Å². The highest BCUT2D eigenvalue weighted by Crippen LogP contribution is 2.22. The van der Waals surface area contributed by atoms with Crippen LogP contribution in [-0.2, 0) is 6.42 Å². The average molecular weight is 282 g/mol. The van der Waals surface area contributed by atoms with Crippen LogP contribution in [0.25, 0.3) is 10.9 Å². The number of pyridine rings is 1. The molecule has 0 N–H and O–H groups in total. The first-order valence-corrected chi connectivity index (χ1v) is 6.74. The second kappa shape index (κ2) is 5.83. The Bertz CT molecular complexity index is 746. The number of fused-ring (bicyclic) bond motifs is 1. The molecule has 2 heterocycles. The fraction of sp³-hybridized carbons (Fsp3) is 0.188. The predicted octanol–water partition coefficient (Wildman–Crippen LogP) is 2.84. The summed E-state index contributed by atoms with van der Waals surface area (Å²) >= 11 is 0. The van der Waals surface area contributed by atoms with E-state index in [0.717, 1.165) is 29.7 Å². The Morgan fingerprint density at radius 2 is 1.90 bits per heavy atom. The molecule has 0 amide bonds. The second-order valence-corrected chi connectivity index (χ2v) is 4.89. The molecule has 0 radical (unpaired) electrons. The molecule has 4 nitrogen and oxygen atoms in total. The van der Waals surface area contributed by atoms with Gasteiger partial charge in [-0.05, 0) is 42.3 Å². The van der Waals surface area contributed by atoms with Crippen molar-refractivity contribution in [1.29, 1.82) is 0 Å². The van der Waals surface area contributed by atoms with Gasteiger partial charge in [0.2, 0.25) is 0 Å². The Labute approximate surface area is 122 Å². The SMILES string of the molecule is CN(CCc1ccncc1)c1ncnc2ccc(F)cc12. The zero-order valence-corrected chi connectivity index (χ0v) is 11.7. The molecule has 5 heteroatoms. The minimum Gasteiger partial charge on any atom is -0.359 e. The minimum atomic E-state index is -0.277. The monoisotopic (exact) mass is 282 g/mol. The molecule has 0 aliphatic rings. The number of aromatic nitrogens is 3. The highest BCUT2D eigenvalue weighted by molar-refractivity contribution is 5.89. The van der Waals surface area contributed by atoms with Crippen LogP contribution < -0.4 is 4.90 Å². The summed E-state index contributed by atoms with van der Waals surface area (Å²) in [6.07, 6.45) is 5.95. The number of likely N-dealkylation sites (N-methyl/N-ethyl adjacent to an activating group) is 1. The van der Waals surface area contributed by atoms with E-state index in [1.54, 1.807) is 18.5 Å². The van der Waals surface area contributed by atoms with Gasteiger partial charge in [0.05, 0.1) is 5.52 Å². The molecule has 0 fully saturated rings. The number of halogens is 1. The Hall–Kier alpha value is -2.56.